The Bertz CT molecular complexity index is 1480. The second kappa shape index (κ2) is 10.0. The van der Waals surface area contributed by atoms with E-state index >= 15 is 0 Å². The van der Waals surface area contributed by atoms with E-state index in [0.29, 0.717) is 35.9 Å². The highest BCUT2D eigenvalue weighted by Crippen LogP contribution is 2.19. The first-order valence-electron chi connectivity index (χ1n) is 11.2. The Kier molecular flexibility index (Phi) is 6.34. The molecule has 5 aromatic rings. The van der Waals surface area contributed by atoms with E-state index in [1.807, 2.05) is 71.3 Å². The van der Waals surface area contributed by atoms with Crippen molar-refractivity contribution in [1.82, 2.24) is 19.5 Å². The molecule has 8 nitrogen and oxygen atoms in total. The highest BCUT2D eigenvalue weighted by Gasteiger charge is 2.09. The minimum absolute atomic E-state index is 0.170. The topological polar surface area (TPSA) is 94.0 Å². The largest absolute Gasteiger partial charge is 0.497 e. The average molecular weight is 465 g/mol. The zero-order chi connectivity index (χ0) is 24.0. The fourth-order valence-electron chi connectivity index (χ4n) is 3.80. The van der Waals surface area contributed by atoms with Gasteiger partial charge in [0.25, 0.3) is 5.91 Å². The molecule has 0 aliphatic rings. The van der Waals surface area contributed by atoms with Crippen LogP contribution < -0.4 is 15.4 Å². The van der Waals surface area contributed by atoms with Gasteiger partial charge in [0.15, 0.2) is 0 Å². The van der Waals surface area contributed by atoms with Crippen molar-refractivity contribution in [3.63, 3.8) is 0 Å². The fraction of sp³-hybridized carbons (Fsp3) is 0.111. The summed E-state index contributed by atoms with van der Waals surface area (Å²) in [6, 6.07) is 24.6. The number of anilines is 2. The number of nitrogens with one attached hydrogen (secondary N) is 2. The van der Waals surface area contributed by atoms with Crippen molar-refractivity contribution in [2.75, 3.05) is 24.3 Å². The lowest BCUT2D eigenvalue weighted by Crippen LogP contribution is -2.13. The Morgan fingerprint density at radius 2 is 1.86 bits per heavy atom. The van der Waals surface area contributed by atoms with Crippen LogP contribution >= 0.6 is 0 Å². The van der Waals surface area contributed by atoms with E-state index < -0.39 is 0 Å². The summed E-state index contributed by atoms with van der Waals surface area (Å²) < 4.78 is 7.15. The highest BCUT2D eigenvalue weighted by atomic mass is 16.5. The Morgan fingerprint density at radius 1 is 0.971 bits per heavy atom. The summed E-state index contributed by atoms with van der Waals surface area (Å²) in [5.74, 6) is 1.80. The van der Waals surface area contributed by atoms with Gasteiger partial charge in [0.05, 0.1) is 18.1 Å². The third kappa shape index (κ3) is 5.11. The van der Waals surface area contributed by atoms with Crippen LogP contribution in [0.5, 0.6) is 5.75 Å². The molecular formula is C27H24N6O2. The highest BCUT2D eigenvalue weighted by molar-refractivity contribution is 6.04. The van der Waals surface area contributed by atoms with Crippen molar-refractivity contribution in [1.29, 1.82) is 0 Å². The van der Waals surface area contributed by atoms with Crippen LogP contribution in [0.15, 0.2) is 91.4 Å². The number of imidazole rings is 1. The third-order valence-electron chi connectivity index (χ3n) is 5.55. The van der Waals surface area contributed by atoms with Gasteiger partial charge in [-0.2, -0.15) is 4.98 Å². The van der Waals surface area contributed by atoms with Crippen molar-refractivity contribution >= 4 is 28.6 Å². The molecule has 2 aromatic heterocycles. The Balaban J connectivity index is 1.22. The number of methoxy groups -OCH3 is 1. The van der Waals surface area contributed by atoms with Gasteiger partial charge in [0.2, 0.25) is 5.95 Å². The number of ether oxygens (including phenoxy) is 1. The van der Waals surface area contributed by atoms with Crippen LogP contribution in [0.1, 0.15) is 15.9 Å². The van der Waals surface area contributed by atoms with Gasteiger partial charge in [0, 0.05) is 30.1 Å². The molecule has 0 saturated heterocycles. The summed E-state index contributed by atoms with van der Waals surface area (Å²) in [7, 11) is 1.60. The van der Waals surface area contributed by atoms with Crippen LogP contribution in [-0.2, 0) is 6.42 Å². The van der Waals surface area contributed by atoms with E-state index in [9.17, 15) is 4.79 Å². The predicted molar refractivity (Wildman–Crippen MR) is 136 cm³/mol. The smallest absolute Gasteiger partial charge is 0.255 e. The van der Waals surface area contributed by atoms with Gasteiger partial charge in [-0.3, -0.25) is 9.36 Å². The quantitative estimate of drug-likeness (QED) is 0.345. The number of rotatable bonds is 8. The number of fused-ring (bicyclic) bond motifs is 1. The number of hydrogen-bond donors (Lipinski definition) is 2. The normalized spacial score (nSPS) is 10.8. The summed E-state index contributed by atoms with van der Waals surface area (Å²) in [5, 5.41) is 6.19. The molecule has 2 N–H and O–H groups in total. The van der Waals surface area contributed by atoms with Crippen LogP contribution in [-0.4, -0.2) is 39.1 Å². The molecule has 2 heterocycles. The Morgan fingerprint density at radius 3 is 2.77 bits per heavy atom. The van der Waals surface area contributed by atoms with E-state index in [1.54, 1.807) is 31.8 Å². The number of carbonyl (C=O) groups excluding carboxylic acids is 1. The second-order valence-electron chi connectivity index (χ2n) is 7.90. The number of carbonyl (C=O) groups is 1. The maximum absolute atomic E-state index is 12.7. The van der Waals surface area contributed by atoms with Crippen molar-refractivity contribution in [3.05, 3.63) is 103 Å². The van der Waals surface area contributed by atoms with Crippen LogP contribution in [0.4, 0.5) is 11.6 Å². The maximum atomic E-state index is 12.7. The summed E-state index contributed by atoms with van der Waals surface area (Å²) >= 11 is 0. The molecule has 0 saturated carbocycles. The minimum Gasteiger partial charge on any atom is -0.497 e. The summed E-state index contributed by atoms with van der Waals surface area (Å²) in [6.07, 6.45) is 4.20. The van der Waals surface area contributed by atoms with E-state index in [0.717, 1.165) is 22.4 Å². The first kappa shape index (κ1) is 22.1. The Hall–Kier alpha value is -4.72. The van der Waals surface area contributed by atoms with Gasteiger partial charge in [-0.25, -0.2) is 9.97 Å². The van der Waals surface area contributed by atoms with Crippen molar-refractivity contribution in [2.24, 2.45) is 0 Å². The fourth-order valence-corrected chi connectivity index (χ4v) is 3.80. The van der Waals surface area contributed by atoms with Gasteiger partial charge in [-0.05, 0) is 54.4 Å². The summed E-state index contributed by atoms with van der Waals surface area (Å²) in [5.41, 5.74) is 4.21. The molecule has 0 aliphatic carbocycles. The SMILES string of the molecule is COc1cccc(NC(=O)c2cccc(CCNc3nccc(-n4cnc5ccccc54)n3)c2)c1. The van der Waals surface area contributed by atoms with Gasteiger partial charge in [-0.1, -0.05) is 30.3 Å². The molecule has 0 unspecified atom stereocenters. The molecule has 0 radical (unpaired) electrons. The van der Waals surface area contributed by atoms with Gasteiger partial charge in [0.1, 0.15) is 17.9 Å². The number of aromatic nitrogens is 4. The van der Waals surface area contributed by atoms with Gasteiger partial charge < -0.3 is 15.4 Å². The van der Waals surface area contributed by atoms with E-state index in [2.05, 4.69) is 25.6 Å². The van der Waals surface area contributed by atoms with Crippen molar-refractivity contribution in [2.45, 2.75) is 6.42 Å². The number of amides is 1. The molecule has 3 aromatic carbocycles. The summed E-state index contributed by atoms with van der Waals surface area (Å²) in [6.45, 7) is 0.620. The first-order chi connectivity index (χ1) is 17.2. The summed E-state index contributed by atoms with van der Waals surface area (Å²) in [4.78, 5) is 26.1. The van der Waals surface area contributed by atoms with Crippen molar-refractivity contribution in [3.8, 4) is 11.6 Å². The zero-order valence-electron chi connectivity index (χ0n) is 19.2. The monoisotopic (exact) mass is 464 g/mol. The molecule has 5 rings (SSSR count). The van der Waals surface area contributed by atoms with Crippen LogP contribution in [0, 0.1) is 0 Å². The molecule has 1 amide bonds. The zero-order valence-corrected chi connectivity index (χ0v) is 19.2. The molecule has 0 spiro atoms. The molecule has 0 atom stereocenters. The number of hydrogen-bond acceptors (Lipinski definition) is 6. The minimum atomic E-state index is -0.170. The lowest BCUT2D eigenvalue weighted by Gasteiger charge is -2.10. The average Bonchev–Trinajstić information content (AvgIpc) is 3.33. The lowest BCUT2D eigenvalue weighted by molar-refractivity contribution is 0.102. The standard InChI is InChI=1S/C27H24N6O2/c1-35-22-9-5-8-21(17-22)31-26(34)20-7-4-6-19(16-20)12-14-28-27-29-15-13-25(32-27)33-18-30-23-10-2-3-11-24(23)33/h2-11,13,15-18H,12,14H2,1H3,(H,31,34)(H,28,29,32). The molecule has 8 heteroatoms. The maximum Gasteiger partial charge on any atom is 0.255 e. The van der Waals surface area contributed by atoms with E-state index in [4.69, 9.17) is 4.74 Å². The van der Waals surface area contributed by atoms with Gasteiger partial charge in [-0.15, -0.1) is 0 Å². The molecule has 174 valence electrons. The molecule has 35 heavy (non-hydrogen) atoms. The molecule has 0 fully saturated rings. The van der Waals surface area contributed by atoms with Crippen LogP contribution in [0.2, 0.25) is 0 Å². The van der Waals surface area contributed by atoms with E-state index in [1.165, 1.54) is 0 Å². The number of para-hydroxylation sites is 2. The lowest BCUT2D eigenvalue weighted by atomic mass is 10.1. The second-order valence-corrected chi connectivity index (χ2v) is 7.90. The van der Waals surface area contributed by atoms with E-state index in [-0.39, 0.29) is 5.91 Å². The number of benzene rings is 3. The molecular weight excluding hydrogens is 440 g/mol. The van der Waals surface area contributed by atoms with Crippen LogP contribution in [0.25, 0.3) is 16.9 Å². The van der Waals surface area contributed by atoms with Gasteiger partial charge >= 0.3 is 0 Å². The van der Waals surface area contributed by atoms with Crippen LogP contribution in [0.3, 0.4) is 0 Å². The number of nitrogens with zero attached hydrogens (tertiary/aromatic N) is 4. The Labute approximate surface area is 202 Å². The predicted octanol–water partition coefficient (Wildman–Crippen LogP) is 4.73. The molecule has 0 bridgehead atoms. The van der Waals surface area contributed by atoms with Crippen molar-refractivity contribution < 1.29 is 9.53 Å². The third-order valence-corrected chi connectivity index (χ3v) is 5.55. The first-order valence-corrected chi connectivity index (χ1v) is 11.2. The molecule has 0 aliphatic heterocycles.